The molecule has 0 aromatic rings. The van der Waals surface area contributed by atoms with Gasteiger partial charge in [0.25, 0.3) is 0 Å². The van der Waals surface area contributed by atoms with Gasteiger partial charge >= 0.3 is 6.98 Å². The highest BCUT2D eigenvalue weighted by Crippen LogP contribution is 2.41. The third-order valence-electron chi connectivity index (χ3n) is 4.13. The molecule has 0 bridgehead atoms. The van der Waals surface area contributed by atoms with E-state index in [0.717, 1.165) is 0 Å². The first kappa shape index (κ1) is 14.7. The average Bonchev–Trinajstić information content (AvgIpc) is 2.74. The van der Waals surface area contributed by atoms with E-state index in [9.17, 15) is 0 Å². The van der Waals surface area contributed by atoms with Crippen LogP contribution >= 0.6 is 0 Å². The minimum atomic E-state index is 0.0187. The van der Waals surface area contributed by atoms with Gasteiger partial charge in [-0.15, -0.1) is 0 Å². The molecule has 0 spiro atoms. The van der Waals surface area contributed by atoms with Crippen molar-refractivity contribution in [3.8, 4) is 0 Å². The summed E-state index contributed by atoms with van der Waals surface area (Å²) in [5.41, 5.74) is 0.0187. The molecule has 1 aliphatic heterocycles. The lowest BCUT2D eigenvalue weighted by Gasteiger charge is -2.43. The van der Waals surface area contributed by atoms with Gasteiger partial charge in [-0.05, 0) is 38.9 Å². The molecule has 1 heterocycles. The smallest absolute Gasteiger partial charge is 0.291 e. The monoisotopic (exact) mass is 264 g/mol. The van der Waals surface area contributed by atoms with Gasteiger partial charge in [-0.2, -0.15) is 0 Å². The molecule has 1 fully saturated rings. The van der Waals surface area contributed by atoms with Crippen molar-refractivity contribution in [1.82, 2.24) is 9.84 Å². The zero-order chi connectivity index (χ0) is 14.3. The average molecular weight is 264 g/mol. The summed E-state index contributed by atoms with van der Waals surface area (Å²) in [6.45, 7) is 13.8. The second-order valence-electron chi connectivity index (χ2n) is 8.11. The number of hydrogen-bond acceptors (Lipinski definition) is 4. The topological polar surface area (TPSA) is 31.2 Å². The molecule has 0 atom stereocenters. The molecule has 2 aliphatic rings. The molecule has 108 valence electrons. The van der Waals surface area contributed by atoms with Crippen LogP contribution in [-0.4, -0.2) is 28.4 Å². The highest BCUT2D eigenvalue weighted by atomic mass is 15.7. The van der Waals surface area contributed by atoms with Crippen molar-refractivity contribution in [1.29, 1.82) is 0 Å². The molecular formula is C14H29BN4. The Kier molecular flexibility index (Phi) is 3.85. The molecule has 0 unspecified atom stereocenters. The van der Waals surface area contributed by atoms with Gasteiger partial charge in [0, 0.05) is 11.6 Å². The molecule has 4 nitrogen and oxygen atoms in total. The van der Waals surface area contributed by atoms with Crippen LogP contribution in [0.2, 0.25) is 5.31 Å². The molecule has 0 aromatic heterocycles. The van der Waals surface area contributed by atoms with Gasteiger partial charge in [-0.1, -0.05) is 50.5 Å². The molecule has 5 heteroatoms. The van der Waals surface area contributed by atoms with Crippen molar-refractivity contribution in [3.63, 3.8) is 0 Å². The fourth-order valence-corrected chi connectivity index (χ4v) is 3.18. The van der Waals surface area contributed by atoms with Crippen LogP contribution in [0.5, 0.6) is 0 Å². The molecule has 0 N–H and O–H groups in total. The first-order valence-electron chi connectivity index (χ1n) is 7.70. The lowest BCUT2D eigenvalue weighted by Crippen LogP contribution is -2.58. The lowest BCUT2D eigenvalue weighted by molar-refractivity contribution is 0.231. The van der Waals surface area contributed by atoms with Gasteiger partial charge in [0.2, 0.25) is 0 Å². The van der Waals surface area contributed by atoms with Crippen LogP contribution in [0.4, 0.5) is 0 Å². The molecule has 0 aromatic carbocycles. The highest BCUT2D eigenvalue weighted by Gasteiger charge is 2.51. The number of nitrogens with zero attached hydrogens (tertiary/aromatic N) is 4. The Balaban J connectivity index is 2.22. The summed E-state index contributed by atoms with van der Waals surface area (Å²) in [5.74, 6) is 0. The molecule has 1 aliphatic carbocycles. The van der Waals surface area contributed by atoms with Crippen LogP contribution in [-0.2, 0) is 0 Å². The van der Waals surface area contributed by atoms with Crippen molar-refractivity contribution in [2.24, 2.45) is 10.4 Å². The SMILES string of the molecule is CC(C)(C)B1N(C2CCCCC2)N=NN1C(C)(C)C. The second kappa shape index (κ2) is 4.99. The molecule has 1 saturated carbocycles. The van der Waals surface area contributed by atoms with Crippen LogP contribution in [0.3, 0.4) is 0 Å². The third kappa shape index (κ3) is 3.06. The van der Waals surface area contributed by atoms with E-state index < -0.39 is 0 Å². The Morgan fingerprint density at radius 1 is 0.895 bits per heavy atom. The Hall–Kier alpha value is -0.735. The summed E-state index contributed by atoms with van der Waals surface area (Å²) in [6.07, 6.45) is 6.59. The zero-order valence-corrected chi connectivity index (χ0v) is 13.5. The first-order chi connectivity index (χ1) is 8.71. The number of hydrogen-bond donors (Lipinski definition) is 0. The molecule has 2 rings (SSSR count). The summed E-state index contributed by atoms with van der Waals surface area (Å²) in [5, 5.41) is 9.18. The van der Waals surface area contributed by atoms with E-state index in [0.29, 0.717) is 6.04 Å². The quantitative estimate of drug-likeness (QED) is 0.661. The van der Waals surface area contributed by atoms with Gasteiger partial charge in [-0.3, -0.25) is 9.84 Å². The Bertz CT molecular complexity index is 336. The predicted molar refractivity (Wildman–Crippen MR) is 80.6 cm³/mol. The van der Waals surface area contributed by atoms with Crippen LogP contribution in [0.1, 0.15) is 73.6 Å². The largest absolute Gasteiger partial charge is 0.419 e. The van der Waals surface area contributed by atoms with E-state index in [1.54, 1.807) is 0 Å². The summed E-state index contributed by atoms with van der Waals surface area (Å²) in [4.78, 5) is 4.49. The van der Waals surface area contributed by atoms with Gasteiger partial charge < -0.3 is 0 Å². The van der Waals surface area contributed by atoms with Crippen LogP contribution in [0, 0.1) is 0 Å². The van der Waals surface area contributed by atoms with Crippen molar-refractivity contribution in [2.75, 3.05) is 0 Å². The molecule has 19 heavy (non-hydrogen) atoms. The van der Waals surface area contributed by atoms with E-state index >= 15 is 0 Å². The molecular weight excluding hydrogens is 235 g/mol. The normalized spacial score (nSPS) is 22.5. The van der Waals surface area contributed by atoms with Gasteiger partial charge in [0.1, 0.15) is 0 Å². The minimum Gasteiger partial charge on any atom is -0.291 e. The first-order valence-corrected chi connectivity index (χ1v) is 7.70. The molecule has 0 radical (unpaired) electrons. The predicted octanol–water partition coefficient (Wildman–Crippen LogP) is 4.31. The fraction of sp³-hybridized carbons (Fsp3) is 1.00. The Labute approximate surface area is 118 Å². The fourth-order valence-electron chi connectivity index (χ4n) is 3.18. The molecule has 0 amide bonds. The van der Waals surface area contributed by atoms with Crippen molar-refractivity contribution >= 4 is 6.98 Å². The van der Waals surface area contributed by atoms with Crippen LogP contribution in [0.15, 0.2) is 10.4 Å². The Morgan fingerprint density at radius 2 is 1.47 bits per heavy atom. The maximum atomic E-state index is 4.54. The molecule has 0 saturated heterocycles. The van der Waals surface area contributed by atoms with E-state index in [1.165, 1.54) is 32.1 Å². The number of rotatable bonds is 1. The Morgan fingerprint density at radius 3 is 1.95 bits per heavy atom. The maximum absolute atomic E-state index is 4.54. The minimum absolute atomic E-state index is 0.0187. The van der Waals surface area contributed by atoms with Crippen LogP contribution in [0.25, 0.3) is 0 Å². The van der Waals surface area contributed by atoms with E-state index in [1.807, 2.05) is 0 Å². The third-order valence-corrected chi connectivity index (χ3v) is 4.13. The van der Waals surface area contributed by atoms with Gasteiger partial charge in [-0.25, -0.2) is 0 Å². The van der Waals surface area contributed by atoms with Gasteiger partial charge in [0.15, 0.2) is 0 Å². The summed E-state index contributed by atoms with van der Waals surface area (Å²) >= 11 is 0. The summed E-state index contributed by atoms with van der Waals surface area (Å²) in [7, 11) is 0. The van der Waals surface area contributed by atoms with E-state index in [-0.39, 0.29) is 17.8 Å². The standard InChI is InChI=1S/C14H29BN4/c1-13(2,3)15-18(12-10-8-7-9-11-12)16-17-19(15)14(4,5)6/h12H,7-11H2,1-6H3. The highest BCUT2D eigenvalue weighted by molar-refractivity contribution is 6.56. The summed E-state index contributed by atoms with van der Waals surface area (Å²) < 4.78 is 0. The zero-order valence-electron chi connectivity index (χ0n) is 13.5. The van der Waals surface area contributed by atoms with E-state index in [2.05, 4.69) is 61.8 Å². The van der Waals surface area contributed by atoms with Crippen molar-refractivity contribution < 1.29 is 0 Å². The van der Waals surface area contributed by atoms with E-state index in [4.69, 9.17) is 0 Å². The van der Waals surface area contributed by atoms with Crippen molar-refractivity contribution in [3.05, 3.63) is 0 Å². The summed E-state index contributed by atoms with van der Waals surface area (Å²) in [6, 6.07) is 0.578. The maximum Gasteiger partial charge on any atom is 0.419 e. The van der Waals surface area contributed by atoms with Gasteiger partial charge in [0.05, 0.1) is 0 Å². The lowest BCUT2D eigenvalue weighted by atomic mass is 9.50. The van der Waals surface area contributed by atoms with Crippen LogP contribution < -0.4 is 0 Å². The van der Waals surface area contributed by atoms with Crippen molar-refractivity contribution in [2.45, 2.75) is 90.5 Å². The second-order valence-corrected chi connectivity index (χ2v) is 8.11.